The maximum absolute atomic E-state index is 4.27. The molecule has 0 atom stereocenters. The van der Waals surface area contributed by atoms with Gasteiger partial charge in [0.1, 0.15) is 5.82 Å². The second-order valence-electron chi connectivity index (χ2n) is 2.75. The van der Waals surface area contributed by atoms with E-state index < -0.39 is 0 Å². The zero-order chi connectivity index (χ0) is 9.10. The molecule has 0 aliphatic heterocycles. The van der Waals surface area contributed by atoms with Crippen molar-refractivity contribution in [2.24, 2.45) is 0 Å². The molecule has 0 aliphatic rings. The minimum absolute atomic E-state index is 0.696. The number of hydrogen-bond acceptors (Lipinski definition) is 3. The fourth-order valence-corrected chi connectivity index (χ4v) is 1.14. The van der Waals surface area contributed by atoms with Gasteiger partial charge < -0.3 is 0 Å². The van der Waals surface area contributed by atoms with Crippen molar-refractivity contribution in [3.63, 3.8) is 0 Å². The molecule has 2 rings (SSSR count). The fraction of sp³-hybridized carbons (Fsp3) is 0.100. The Kier molecular flexibility index (Phi) is 2.00. The van der Waals surface area contributed by atoms with Gasteiger partial charge in [0.2, 0.25) is 0 Å². The third kappa shape index (κ3) is 1.69. The van der Waals surface area contributed by atoms with Crippen molar-refractivity contribution in [2.45, 2.75) is 6.92 Å². The third-order valence-corrected chi connectivity index (χ3v) is 1.73. The van der Waals surface area contributed by atoms with Gasteiger partial charge in [-0.2, -0.15) is 5.10 Å². The van der Waals surface area contributed by atoms with Gasteiger partial charge in [-0.25, -0.2) is 4.98 Å². The molecule has 0 amide bonds. The van der Waals surface area contributed by atoms with Crippen LogP contribution in [0.3, 0.4) is 0 Å². The number of rotatable bonds is 1. The van der Waals surface area contributed by atoms with Crippen molar-refractivity contribution in [3.8, 4) is 11.3 Å². The first kappa shape index (κ1) is 7.86. The van der Waals surface area contributed by atoms with Gasteiger partial charge in [-0.15, -0.1) is 5.10 Å². The van der Waals surface area contributed by atoms with Gasteiger partial charge >= 0.3 is 0 Å². The highest BCUT2D eigenvalue weighted by Gasteiger charge is 1.98. The summed E-state index contributed by atoms with van der Waals surface area (Å²) < 4.78 is 0. The summed E-state index contributed by atoms with van der Waals surface area (Å²) in [5.74, 6) is 0.696. The summed E-state index contributed by atoms with van der Waals surface area (Å²) >= 11 is 0. The lowest BCUT2D eigenvalue weighted by Gasteiger charge is -1.98. The minimum Gasteiger partial charge on any atom is -0.230 e. The first-order valence-corrected chi connectivity index (χ1v) is 4.08. The van der Waals surface area contributed by atoms with E-state index in [9.17, 15) is 0 Å². The van der Waals surface area contributed by atoms with Crippen LogP contribution < -0.4 is 0 Å². The zero-order valence-corrected chi connectivity index (χ0v) is 7.31. The standard InChI is InChI=1S/C10H9N3/c1-8-12-10(7-11-13-8)9-5-3-2-4-6-9/h2-7H,1H3. The Morgan fingerprint density at radius 1 is 1.08 bits per heavy atom. The molecule has 0 unspecified atom stereocenters. The molecule has 0 aliphatic carbocycles. The van der Waals surface area contributed by atoms with E-state index in [1.54, 1.807) is 6.20 Å². The van der Waals surface area contributed by atoms with Gasteiger partial charge in [-0.3, -0.25) is 0 Å². The van der Waals surface area contributed by atoms with Crippen LogP contribution in [0.2, 0.25) is 0 Å². The van der Waals surface area contributed by atoms with Gasteiger partial charge in [0.15, 0.2) is 0 Å². The summed E-state index contributed by atoms with van der Waals surface area (Å²) in [6, 6.07) is 9.94. The van der Waals surface area contributed by atoms with Crippen molar-refractivity contribution < 1.29 is 0 Å². The van der Waals surface area contributed by atoms with Crippen LogP contribution >= 0.6 is 0 Å². The summed E-state index contributed by atoms with van der Waals surface area (Å²) in [4.78, 5) is 4.27. The van der Waals surface area contributed by atoms with Gasteiger partial charge in [-0.05, 0) is 6.92 Å². The molecule has 0 bridgehead atoms. The van der Waals surface area contributed by atoms with E-state index in [2.05, 4.69) is 15.2 Å². The molecular formula is C10H9N3. The summed E-state index contributed by atoms with van der Waals surface area (Å²) in [7, 11) is 0. The monoisotopic (exact) mass is 171 g/mol. The van der Waals surface area contributed by atoms with Crippen molar-refractivity contribution in [1.82, 2.24) is 15.2 Å². The van der Waals surface area contributed by atoms with Crippen molar-refractivity contribution in [2.75, 3.05) is 0 Å². The number of benzene rings is 1. The molecule has 0 spiro atoms. The largest absolute Gasteiger partial charge is 0.230 e. The summed E-state index contributed by atoms with van der Waals surface area (Å²) in [5.41, 5.74) is 1.94. The lowest BCUT2D eigenvalue weighted by atomic mass is 10.2. The van der Waals surface area contributed by atoms with Crippen LogP contribution in [-0.2, 0) is 0 Å². The molecular weight excluding hydrogens is 162 g/mol. The average Bonchev–Trinajstić information content (AvgIpc) is 2.19. The molecule has 0 saturated heterocycles. The predicted molar refractivity (Wildman–Crippen MR) is 50.0 cm³/mol. The van der Waals surface area contributed by atoms with Gasteiger partial charge in [0, 0.05) is 5.56 Å². The normalized spacial score (nSPS) is 9.92. The molecule has 1 aromatic carbocycles. The Morgan fingerprint density at radius 3 is 2.54 bits per heavy atom. The number of aromatic nitrogens is 3. The summed E-state index contributed by atoms with van der Waals surface area (Å²) in [6.07, 6.45) is 1.67. The van der Waals surface area contributed by atoms with E-state index in [1.807, 2.05) is 37.3 Å². The van der Waals surface area contributed by atoms with Crippen molar-refractivity contribution >= 4 is 0 Å². The van der Waals surface area contributed by atoms with E-state index in [0.717, 1.165) is 11.3 Å². The molecule has 0 saturated carbocycles. The van der Waals surface area contributed by atoms with E-state index in [4.69, 9.17) is 0 Å². The Morgan fingerprint density at radius 2 is 1.85 bits per heavy atom. The van der Waals surface area contributed by atoms with Crippen molar-refractivity contribution in [1.29, 1.82) is 0 Å². The second-order valence-corrected chi connectivity index (χ2v) is 2.75. The molecule has 3 heteroatoms. The Labute approximate surface area is 76.5 Å². The molecule has 0 radical (unpaired) electrons. The highest BCUT2D eigenvalue weighted by atomic mass is 15.1. The molecule has 1 aromatic heterocycles. The Balaban J connectivity index is 2.48. The van der Waals surface area contributed by atoms with Crippen LogP contribution in [0.25, 0.3) is 11.3 Å². The topological polar surface area (TPSA) is 38.7 Å². The minimum atomic E-state index is 0.696. The maximum atomic E-state index is 4.27. The lowest BCUT2D eigenvalue weighted by molar-refractivity contribution is 0.912. The molecule has 2 aromatic rings. The Bertz CT molecular complexity index is 398. The van der Waals surface area contributed by atoms with Gasteiger partial charge in [0.25, 0.3) is 0 Å². The van der Waals surface area contributed by atoms with Crippen molar-refractivity contribution in [3.05, 3.63) is 42.4 Å². The highest BCUT2D eigenvalue weighted by Crippen LogP contribution is 2.13. The molecule has 13 heavy (non-hydrogen) atoms. The average molecular weight is 171 g/mol. The molecule has 3 nitrogen and oxygen atoms in total. The summed E-state index contributed by atoms with van der Waals surface area (Å²) in [6.45, 7) is 1.83. The first-order valence-electron chi connectivity index (χ1n) is 4.08. The quantitative estimate of drug-likeness (QED) is 0.657. The fourth-order valence-electron chi connectivity index (χ4n) is 1.14. The van der Waals surface area contributed by atoms with Crippen LogP contribution in [0.15, 0.2) is 36.5 Å². The van der Waals surface area contributed by atoms with Gasteiger partial charge in [-0.1, -0.05) is 30.3 Å². The maximum Gasteiger partial charge on any atom is 0.148 e. The number of nitrogens with zero attached hydrogens (tertiary/aromatic N) is 3. The van der Waals surface area contributed by atoms with Crippen LogP contribution in [-0.4, -0.2) is 15.2 Å². The van der Waals surface area contributed by atoms with Crippen LogP contribution in [0, 0.1) is 6.92 Å². The van der Waals surface area contributed by atoms with Crippen LogP contribution in [0.1, 0.15) is 5.82 Å². The molecule has 64 valence electrons. The molecule has 0 N–H and O–H groups in total. The first-order chi connectivity index (χ1) is 6.36. The third-order valence-electron chi connectivity index (χ3n) is 1.73. The van der Waals surface area contributed by atoms with E-state index in [0.29, 0.717) is 5.82 Å². The molecule has 0 fully saturated rings. The smallest absolute Gasteiger partial charge is 0.148 e. The predicted octanol–water partition coefficient (Wildman–Crippen LogP) is 1.85. The van der Waals surface area contributed by atoms with E-state index in [1.165, 1.54) is 0 Å². The zero-order valence-electron chi connectivity index (χ0n) is 7.31. The SMILES string of the molecule is Cc1nncc(-c2ccccc2)n1. The van der Waals surface area contributed by atoms with E-state index >= 15 is 0 Å². The number of hydrogen-bond donors (Lipinski definition) is 0. The second kappa shape index (κ2) is 3.31. The molecule has 1 heterocycles. The summed E-state index contributed by atoms with van der Waals surface area (Å²) in [5, 5.41) is 7.65. The number of aryl methyl sites for hydroxylation is 1. The van der Waals surface area contributed by atoms with Gasteiger partial charge in [0.05, 0.1) is 11.9 Å². The lowest BCUT2D eigenvalue weighted by Crippen LogP contribution is -1.92. The van der Waals surface area contributed by atoms with Crippen LogP contribution in [0.4, 0.5) is 0 Å². The highest BCUT2D eigenvalue weighted by molar-refractivity contribution is 5.57. The Hall–Kier alpha value is -1.77. The van der Waals surface area contributed by atoms with Crippen LogP contribution in [0.5, 0.6) is 0 Å². The van der Waals surface area contributed by atoms with E-state index in [-0.39, 0.29) is 0 Å².